The fourth-order valence-corrected chi connectivity index (χ4v) is 8.79. The first kappa shape index (κ1) is 36.7. The van der Waals surface area contributed by atoms with Crippen LogP contribution in [0.1, 0.15) is 44.3 Å². The summed E-state index contributed by atoms with van der Waals surface area (Å²) in [6.07, 6.45) is 12.7. The van der Waals surface area contributed by atoms with Crippen LogP contribution in [0, 0.1) is 0 Å². The number of hydrogen-bond acceptors (Lipinski definition) is 4. The molecule has 0 saturated heterocycles. The molecule has 8 bridgehead atoms. The first-order valence-electron chi connectivity index (χ1n) is 20.6. The number of nitrogens with zero attached hydrogens (tertiary/aromatic N) is 2. The van der Waals surface area contributed by atoms with E-state index >= 15 is 0 Å². The van der Waals surface area contributed by atoms with E-state index in [1.165, 1.54) is 7.11 Å². The van der Waals surface area contributed by atoms with Crippen LogP contribution in [0.3, 0.4) is 0 Å². The molecule has 0 radical (unpaired) electrons. The number of methoxy groups -OCH3 is 1. The summed E-state index contributed by atoms with van der Waals surface area (Å²) in [6, 6.07) is 56.2. The van der Waals surface area contributed by atoms with E-state index in [2.05, 4.69) is 180 Å². The van der Waals surface area contributed by atoms with Crippen LogP contribution in [0.4, 0.5) is 0 Å². The van der Waals surface area contributed by atoms with Crippen LogP contribution >= 0.6 is 0 Å². The minimum Gasteiger partial charge on any atom is -0.465 e. The molecule has 0 atom stereocenters. The van der Waals surface area contributed by atoms with E-state index in [0.717, 1.165) is 111 Å². The second kappa shape index (κ2) is 15.4. The molecule has 62 heavy (non-hydrogen) atoms. The van der Waals surface area contributed by atoms with Crippen molar-refractivity contribution in [3.63, 3.8) is 0 Å². The number of benzene rings is 6. The molecule has 6 nitrogen and oxygen atoms in total. The largest absolute Gasteiger partial charge is 0.465 e. The number of H-pyrrole nitrogens is 2. The normalized spacial score (nSPS) is 12.1. The number of hydrogen-bond donors (Lipinski definition) is 2. The van der Waals surface area contributed by atoms with Gasteiger partial charge in [0, 0.05) is 44.3 Å². The average molecular weight is 799 g/mol. The molecule has 6 heteroatoms. The van der Waals surface area contributed by atoms with Gasteiger partial charge in [-0.15, -0.1) is 0 Å². The molecule has 0 fully saturated rings. The van der Waals surface area contributed by atoms with Crippen LogP contribution in [0.2, 0.25) is 0 Å². The van der Waals surface area contributed by atoms with E-state index < -0.39 is 0 Å². The molecule has 294 valence electrons. The molecule has 0 aliphatic carbocycles. The zero-order chi connectivity index (χ0) is 41.6. The molecular weight excluding hydrogens is 761 g/mol. The summed E-state index contributed by atoms with van der Waals surface area (Å²) in [5.41, 5.74) is 15.4. The van der Waals surface area contributed by atoms with Crippen LogP contribution in [0.15, 0.2) is 164 Å². The Hall–Kier alpha value is -8.35. The predicted molar refractivity (Wildman–Crippen MR) is 257 cm³/mol. The summed E-state index contributed by atoms with van der Waals surface area (Å²) >= 11 is 0. The minimum atomic E-state index is -0.387. The Bertz CT molecular complexity index is 3430. The lowest BCUT2D eigenvalue weighted by molar-refractivity contribution is 0.0600. The van der Waals surface area contributed by atoms with Gasteiger partial charge in [-0.25, -0.2) is 14.8 Å². The van der Waals surface area contributed by atoms with Gasteiger partial charge in [0.2, 0.25) is 0 Å². The van der Waals surface area contributed by atoms with E-state index in [-0.39, 0.29) is 5.97 Å². The fourth-order valence-electron chi connectivity index (χ4n) is 8.79. The molecule has 5 heterocycles. The van der Waals surface area contributed by atoms with Crippen LogP contribution in [0.5, 0.6) is 0 Å². The van der Waals surface area contributed by atoms with Gasteiger partial charge in [-0.1, -0.05) is 140 Å². The highest BCUT2D eigenvalue weighted by Gasteiger charge is 2.20. The third-order valence-corrected chi connectivity index (χ3v) is 11.7. The highest BCUT2D eigenvalue weighted by atomic mass is 16.5. The highest BCUT2D eigenvalue weighted by molar-refractivity contribution is 6.07. The van der Waals surface area contributed by atoms with Gasteiger partial charge in [0.15, 0.2) is 0 Å². The molecule has 6 aromatic carbocycles. The van der Waals surface area contributed by atoms with Gasteiger partial charge < -0.3 is 14.7 Å². The number of rotatable bonds is 6. The zero-order valence-corrected chi connectivity index (χ0v) is 33.8. The first-order valence-corrected chi connectivity index (χ1v) is 20.6. The van der Waals surface area contributed by atoms with E-state index in [1.807, 2.05) is 18.2 Å². The Morgan fingerprint density at radius 2 is 0.952 bits per heavy atom. The maximum atomic E-state index is 12.6. The second-order valence-electron chi connectivity index (χ2n) is 15.4. The minimum absolute atomic E-state index is 0.387. The number of carbonyl (C=O) groups excluding carboxylic acids is 1. The van der Waals surface area contributed by atoms with Gasteiger partial charge in [0.25, 0.3) is 0 Å². The summed E-state index contributed by atoms with van der Waals surface area (Å²) in [5.74, 6) is -0.387. The highest BCUT2D eigenvalue weighted by Crippen LogP contribution is 2.40. The summed E-state index contributed by atoms with van der Waals surface area (Å²) < 4.78 is 5.05. The lowest BCUT2D eigenvalue weighted by Gasteiger charge is -2.09. The number of esters is 1. The summed E-state index contributed by atoms with van der Waals surface area (Å²) in [5, 5.41) is 4.54. The molecule has 11 rings (SSSR count). The van der Waals surface area contributed by atoms with Crippen molar-refractivity contribution < 1.29 is 9.53 Å². The van der Waals surface area contributed by atoms with Crippen molar-refractivity contribution in [1.82, 2.24) is 19.9 Å². The molecule has 0 spiro atoms. The number of fused-ring (bicyclic) bond motifs is 10. The van der Waals surface area contributed by atoms with Crippen molar-refractivity contribution in [3.05, 3.63) is 203 Å². The SMILES string of the molecule is COC(=O)c1ccc(-c2c3nc(c(-c4cccc5ccccc45)c4ccc([nH]4)c(/C=C/c4ccccc4)c4nc(c(-c5cccc6ccccc56)c5ccc2[nH]5)C=C4)C=C3)cc1. The molecule has 2 aliphatic heterocycles. The smallest absolute Gasteiger partial charge is 0.337 e. The lowest BCUT2D eigenvalue weighted by Crippen LogP contribution is -2.00. The standard InChI is InChI=1S/C56H38N4O2/c1-62-56(61)39-24-22-38(23-25-39)53-47-31-33-51(59-47)54(42-19-9-15-36-13-5-7-17-40(36)42)49-29-27-45(57-49)44(26-21-35-11-3-2-4-12-35)46-28-30-50(58-46)55(52-34-32-48(53)60-52)43-20-10-16-37-14-6-8-18-41(37)43/h2-34,57,60H,1H3/b26-21+,45-44?,46-44?,53-47?,53-48?,54-49?,54-51?,55-50?,55-52?. The van der Waals surface area contributed by atoms with Crippen LogP contribution in [-0.4, -0.2) is 33.0 Å². The molecule has 3 aromatic heterocycles. The van der Waals surface area contributed by atoms with Gasteiger partial charge in [-0.2, -0.15) is 0 Å². The molecule has 0 amide bonds. The average Bonchev–Trinajstić information content (AvgIpc) is 4.18. The zero-order valence-electron chi connectivity index (χ0n) is 33.8. The van der Waals surface area contributed by atoms with E-state index in [4.69, 9.17) is 14.7 Å². The van der Waals surface area contributed by atoms with Crippen molar-refractivity contribution in [2.24, 2.45) is 0 Å². The van der Waals surface area contributed by atoms with E-state index in [1.54, 1.807) is 12.1 Å². The number of aromatic amines is 2. The summed E-state index contributed by atoms with van der Waals surface area (Å²) in [7, 11) is 1.40. The molecule has 0 unspecified atom stereocenters. The van der Waals surface area contributed by atoms with Crippen LogP contribution < -0.4 is 0 Å². The number of ether oxygens (including phenoxy) is 1. The van der Waals surface area contributed by atoms with E-state index in [0.29, 0.717) is 5.56 Å². The predicted octanol–water partition coefficient (Wildman–Crippen LogP) is 13.9. The third-order valence-electron chi connectivity index (χ3n) is 11.7. The Kier molecular flexibility index (Phi) is 9.09. The van der Waals surface area contributed by atoms with Gasteiger partial charge in [0.05, 0.1) is 35.4 Å². The monoisotopic (exact) mass is 798 g/mol. The first-order chi connectivity index (χ1) is 30.6. The van der Waals surface area contributed by atoms with Crippen molar-refractivity contribution in [3.8, 4) is 33.4 Å². The number of aromatic nitrogens is 4. The Labute approximate surface area is 357 Å². The Morgan fingerprint density at radius 1 is 0.468 bits per heavy atom. The van der Waals surface area contributed by atoms with Crippen molar-refractivity contribution in [2.75, 3.05) is 7.11 Å². The van der Waals surface area contributed by atoms with Crippen molar-refractivity contribution in [2.45, 2.75) is 0 Å². The van der Waals surface area contributed by atoms with Crippen LogP contribution in [0.25, 0.3) is 113 Å². The van der Waals surface area contributed by atoms with Crippen LogP contribution in [-0.2, 0) is 4.74 Å². The molecular formula is C56H38N4O2. The topological polar surface area (TPSA) is 83.7 Å². The summed E-state index contributed by atoms with van der Waals surface area (Å²) in [6.45, 7) is 0. The van der Waals surface area contributed by atoms with Crippen molar-refractivity contribution in [1.29, 1.82) is 0 Å². The third kappa shape index (κ3) is 6.51. The summed E-state index contributed by atoms with van der Waals surface area (Å²) in [4.78, 5) is 31.2. The Balaban J connectivity index is 1.29. The molecule has 2 N–H and O–H groups in total. The lowest BCUT2D eigenvalue weighted by atomic mass is 9.97. The van der Waals surface area contributed by atoms with Gasteiger partial charge >= 0.3 is 5.97 Å². The molecule has 9 aromatic rings. The number of nitrogens with one attached hydrogen (secondary N) is 2. The fraction of sp³-hybridized carbons (Fsp3) is 0.0179. The van der Waals surface area contributed by atoms with Gasteiger partial charge in [-0.05, 0) is 105 Å². The molecule has 2 aliphatic rings. The second-order valence-corrected chi connectivity index (χ2v) is 15.4. The van der Waals surface area contributed by atoms with Gasteiger partial charge in [0.1, 0.15) is 0 Å². The van der Waals surface area contributed by atoms with Gasteiger partial charge in [-0.3, -0.25) is 0 Å². The molecule has 0 saturated carbocycles. The maximum absolute atomic E-state index is 12.6. The number of carbonyl (C=O) groups is 1. The maximum Gasteiger partial charge on any atom is 0.337 e. The van der Waals surface area contributed by atoms with Crippen molar-refractivity contribution >= 4 is 86.0 Å². The Morgan fingerprint density at radius 3 is 1.56 bits per heavy atom. The quantitative estimate of drug-likeness (QED) is 0.164. The van der Waals surface area contributed by atoms with E-state index in [9.17, 15) is 4.79 Å².